The predicted molar refractivity (Wildman–Crippen MR) is 99.0 cm³/mol. The van der Waals surface area contributed by atoms with Crippen LogP contribution >= 0.6 is 11.6 Å². The van der Waals surface area contributed by atoms with Crippen LogP contribution in [0.2, 0.25) is 5.02 Å². The van der Waals surface area contributed by atoms with Crippen molar-refractivity contribution in [2.24, 2.45) is 0 Å². The molecule has 1 atom stereocenters. The molecule has 0 fully saturated rings. The fourth-order valence-corrected chi connectivity index (χ4v) is 3.91. The lowest BCUT2D eigenvalue weighted by atomic mass is 9.90. The third-order valence-corrected chi connectivity index (χ3v) is 5.27. The molecule has 4 nitrogen and oxygen atoms in total. The first-order valence-corrected chi connectivity index (χ1v) is 8.98. The Morgan fingerprint density at radius 3 is 2.50 bits per heavy atom. The molecule has 2 aromatic carbocycles. The fourth-order valence-electron chi connectivity index (χ4n) is 3.78. The van der Waals surface area contributed by atoms with Gasteiger partial charge < -0.3 is 14.0 Å². The molecule has 1 unspecified atom stereocenters. The van der Waals surface area contributed by atoms with Gasteiger partial charge in [-0.05, 0) is 35.9 Å². The number of ether oxygens (including phenoxy) is 2. The van der Waals surface area contributed by atoms with E-state index in [1.165, 1.54) is 0 Å². The van der Waals surface area contributed by atoms with Gasteiger partial charge in [0.15, 0.2) is 17.3 Å². The van der Waals surface area contributed by atoms with E-state index in [-0.39, 0.29) is 11.7 Å². The number of carbonyl (C=O) groups excluding carboxylic acids is 1. The van der Waals surface area contributed by atoms with Gasteiger partial charge in [-0.3, -0.25) is 4.79 Å². The van der Waals surface area contributed by atoms with E-state index >= 15 is 0 Å². The normalized spacial score (nSPS) is 18.0. The van der Waals surface area contributed by atoms with Gasteiger partial charge in [-0.1, -0.05) is 23.7 Å². The average Bonchev–Trinajstić information content (AvgIpc) is 3.11. The second kappa shape index (κ2) is 5.92. The Morgan fingerprint density at radius 1 is 1.00 bits per heavy atom. The zero-order valence-electron chi connectivity index (χ0n) is 13.9. The summed E-state index contributed by atoms with van der Waals surface area (Å²) in [5.74, 6) is 1.40. The Hall–Kier alpha value is -2.72. The number of nitrogens with zero attached hydrogens (tertiary/aromatic N) is 1. The van der Waals surface area contributed by atoms with Crippen molar-refractivity contribution in [2.45, 2.75) is 12.3 Å². The number of rotatable bonds is 1. The number of hydrogen-bond donors (Lipinski definition) is 0. The zero-order chi connectivity index (χ0) is 17.7. The maximum atomic E-state index is 13.1. The van der Waals surface area contributed by atoms with E-state index in [4.69, 9.17) is 21.1 Å². The Labute approximate surface area is 155 Å². The predicted octanol–water partition coefficient (Wildman–Crippen LogP) is 4.62. The molecule has 2 aliphatic rings. The van der Waals surface area contributed by atoms with Crippen molar-refractivity contribution in [1.29, 1.82) is 0 Å². The highest BCUT2D eigenvalue weighted by atomic mass is 35.5. The van der Waals surface area contributed by atoms with Crippen LogP contribution in [0.5, 0.6) is 11.5 Å². The number of ketones is 1. The number of hydrogen-bond acceptors (Lipinski definition) is 3. The highest BCUT2D eigenvalue weighted by Gasteiger charge is 2.30. The summed E-state index contributed by atoms with van der Waals surface area (Å²) in [6.07, 6.45) is 2.39. The molecule has 0 saturated carbocycles. The molecular weight excluding hydrogens is 350 g/mol. The van der Waals surface area contributed by atoms with Crippen molar-refractivity contribution in [3.63, 3.8) is 0 Å². The van der Waals surface area contributed by atoms with Crippen LogP contribution in [-0.2, 0) is 0 Å². The minimum absolute atomic E-state index is 0.0268. The fraction of sp³-hybridized carbons (Fsp3) is 0.190. The molecule has 3 aromatic rings. The lowest BCUT2D eigenvalue weighted by molar-refractivity contribution is 0.0978. The van der Waals surface area contributed by atoms with E-state index in [0.29, 0.717) is 41.7 Å². The molecule has 0 saturated heterocycles. The van der Waals surface area contributed by atoms with Gasteiger partial charge >= 0.3 is 0 Å². The molecule has 2 aliphatic heterocycles. The van der Waals surface area contributed by atoms with Gasteiger partial charge in [0.25, 0.3) is 0 Å². The lowest BCUT2D eigenvalue weighted by Gasteiger charge is -2.21. The van der Waals surface area contributed by atoms with Crippen LogP contribution in [0.3, 0.4) is 0 Å². The number of aromatic nitrogens is 1. The van der Waals surface area contributed by atoms with Crippen LogP contribution in [0, 0.1) is 0 Å². The Kier molecular flexibility index (Phi) is 3.54. The molecule has 0 radical (unpaired) electrons. The van der Waals surface area contributed by atoms with Crippen LogP contribution in [0.25, 0.3) is 5.69 Å². The molecule has 0 spiro atoms. The second-order valence-corrected chi connectivity index (χ2v) is 6.98. The van der Waals surface area contributed by atoms with Gasteiger partial charge in [-0.15, -0.1) is 0 Å². The van der Waals surface area contributed by atoms with Crippen LogP contribution in [-0.4, -0.2) is 23.6 Å². The molecule has 0 N–H and O–H groups in total. The summed E-state index contributed by atoms with van der Waals surface area (Å²) in [7, 11) is 0. The topological polar surface area (TPSA) is 40.5 Å². The van der Waals surface area contributed by atoms with Gasteiger partial charge in [0, 0.05) is 40.9 Å². The second-order valence-electron chi connectivity index (χ2n) is 6.55. The van der Waals surface area contributed by atoms with Crippen molar-refractivity contribution in [2.75, 3.05) is 13.2 Å². The van der Waals surface area contributed by atoms with E-state index in [9.17, 15) is 4.79 Å². The molecule has 1 aromatic heterocycles. The number of benzene rings is 2. The first-order valence-electron chi connectivity index (χ1n) is 8.60. The molecular formula is C21H16ClNO3. The summed E-state index contributed by atoms with van der Waals surface area (Å²) in [5, 5.41) is 0.689. The van der Waals surface area contributed by atoms with Crippen molar-refractivity contribution in [3.8, 4) is 17.2 Å². The van der Waals surface area contributed by atoms with Crippen LogP contribution < -0.4 is 9.47 Å². The van der Waals surface area contributed by atoms with E-state index in [2.05, 4.69) is 10.6 Å². The van der Waals surface area contributed by atoms with Gasteiger partial charge in [-0.2, -0.15) is 0 Å². The molecule has 0 amide bonds. The molecule has 130 valence electrons. The van der Waals surface area contributed by atoms with Gasteiger partial charge in [0.1, 0.15) is 13.2 Å². The lowest BCUT2D eigenvalue weighted by Crippen LogP contribution is -2.16. The first-order chi connectivity index (χ1) is 12.7. The first kappa shape index (κ1) is 15.5. The quantitative estimate of drug-likeness (QED) is 0.631. The molecule has 5 heteroatoms. The molecule has 0 bridgehead atoms. The monoisotopic (exact) mass is 365 g/mol. The number of carbonyl (C=O) groups is 1. The van der Waals surface area contributed by atoms with Crippen LogP contribution in [0.4, 0.5) is 0 Å². The third kappa shape index (κ3) is 2.41. The zero-order valence-corrected chi connectivity index (χ0v) is 14.7. The molecule has 3 heterocycles. The minimum Gasteiger partial charge on any atom is -0.486 e. The van der Waals surface area contributed by atoms with Crippen molar-refractivity contribution in [1.82, 2.24) is 4.57 Å². The summed E-state index contributed by atoms with van der Waals surface area (Å²) in [5.41, 5.74) is 3.67. The Bertz CT molecular complexity index is 1010. The Balaban J connectivity index is 1.69. The standard InChI is InChI=1S/C21H16ClNO3/c22-14-5-3-13(4-6-14)15-10-19(24)16-11-20-21(26-9-8-25-20)12-18(16)23-7-1-2-17(15)23/h1-7,11-12,15H,8-10H2. The van der Waals surface area contributed by atoms with E-state index in [0.717, 1.165) is 16.9 Å². The van der Waals surface area contributed by atoms with Crippen LogP contribution in [0.15, 0.2) is 54.7 Å². The third-order valence-electron chi connectivity index (χ3n) is 5.02. The van der Waals surface area contributed by atoms with Gasteiger partial charge in [0.05, 0.1) is 5.69 Å². The summed E-state index contributed by atoms with van der Waals surface area (Å²) >= 11 is 6.04. The smallest absolute Gasteiger partial charge is 0.166 e. The van der Waals surface area contributed by atoms with Gasteiger partial charge in [0.2, 0.25) is 0 Å². The number of fused-ring (bicyclic) bond motifs is 4. The molecule has 0 aliphatic carbocycles. The highest BCUT2D eigenvalue weighted by molar-refractivity contribution is 6.30. The largest absolute Gasteiger partial charge is 0.486 e. The minimum atomic E-state index is -0.0268. The maximum Gasteiger partial charge on any atom is 0.166 e. The Morgan fingerprint density at radius 2 is 1.73 bits per heavy atom. The maximum absolute atomic E-state index is 13.1. The summed E-state index contributed by atoms with van der Waals surface area (Å²) in [6.45, 7) is 1.02. The molecule has 5 rings (SSSR count). The number of Topliss-reactive ketones (excluding diaryl/α,β-unsaturated/α-hetero) is 1. The SMILES string of the molecule is O=C1CC(c2ccc(Cl)cc2)c2cccn2-c2cc3c(cc21)OCCO3. The van der Waals surface area contributed by atoms with E-state index < -0.39 is 0 Å². The number of halogens is 1. The van der Waals surface area contributed by atoms with E-state index in [1.54, 1.807) is 0 Å². The van der Waals surface area contributed by atoms with Crippen molar-refractivity contribution >= 4 is 17.4 Å². The summed E-state index contributed by atoms with van der Waals surface area (Å²) in [4.78, 5) is 13.1. The summed E-state index contributed by atoms with van der Waals surface area (Å²) in [6, 6.07) is 15.5. The summed E-state index contributed by atoms with van der Waals surface area (Å²) < 4.78 is 13.5. The van der Waals surface area contributed by atoms with Crippen molar-refractivity contribution < 1.29 is 14.3 Å². The average molecular weight is 366 g/mol. The van der Waals surface area contributed by atoms with E-state index in [1.807, 2.05) is 48.7 Å². The molecule has 26 heavy (non-hydrogen) atoms. The van der Waals surface area contributed by atoms with Crippen molar-refractivity contribution in [3.05, 3.63) is 76.6 Å². The van der Waals surface area contributed by atoms with Crippen LogP contribution in [0.1, 0.15) is 34.0 Å². The van der Waals surface area contributed by atoms with Gasteiger partial charge in [-0.25, -0.2) is 0 Å². The highest BCUT2D eigenvalue weighted by Crippen LogP contribution is 2.41.